The molecule has 0 aliphatic carbocycles. The second kappa shape index (κ2) is 3.71. The van der Waals surface area contributed by atoms with Crippen molar-refractivity contribution in [3.05, 3.63) is 33.9 Å². The SMILES string of the molecule is O=C(O)c1cccc([N+](=O)[O-])c1NO. The minimum absolute atomic E-state index is 0.360. The number of nitro groups is 1. The molecular formula is C7H6N2O5. The van der Waals surface area contributed by atoms with Crippen LogP contribution in [0.25, 0.3) is 0 Å². The molecule has 0 bridgehead atoms. The van der Waals surface area contributed by atoms with Crippen molar-refractivity contribution < 1.29 is 20.0 Å². The number of benzene rings is 1. The van der Waals surface area contributed by atoms with Crippen molar-refractivity contribution in [2.24, 2.45) is 0 Å². The number of carboxylic acid groups (broad SMARTS) is 1. The number of aromatic carboxylic acids is 1. The molecule has 14 heavy (non-hydrogen) atoms. The molecule has 1 aromatic rings. The van der Waals surface area contributed by atoms with Crippen LogP contribution >= 0.6 is 0 Å². The third-order valence-corrected chi connectivity index (χ3v) is 1.58. The molecule has 0 saturated heterocycles. The van der Waals surface area contributed by atoms with E-state index in [1.165, 1.54) is 11.5 Å². The van der Waals surface area contributed by atoms with Crippen LogP contribution in [0.15, 0.2) is 18.2 Å². The first-order valence-corrected chi connectivity index (χ1v) is 3.48. The molecule has 0 unspecified atom stereocenters. The van der Waals surface area contributed by atoms with Gasteiger partial charge in [0.05, 0.1) is 10.5 Å². The lowest BCUT2D eigenvalue weighted by atomic mass is 10.1. The van der Waals surface area contributed by atoms with Gasteiger partial charge in [-0.15, -0.1) is 0 Å². The quantitative estimate of drug-likeness (QED) is 0.495. The van der Waals surface area contributed by atoms with E-state index in [2.05, 4.69) is 0 Å². The molecule has 1 aromatic carbocycles. The molecule has 0 aliphatic rings. The minimum Gasteiger partial charge on any atom is -0.478 e. The average Bonchev–Trinajstić information content (AvgIpc) is 2.16. The summed E-state index contributed by atoms with van der Waals surface area (Å²) < 4.78 is 0. The first-order chi connectivity index (χ1) is 6.57. The van der Waals surface area contributed by atoms with E-state index in [0.717, 1.165) is 12.1 Å². The summed E-state index contributed by atoms with van der Waals surface area (Å²) in [5.41, 5.74) is 0.226. The fourth-order valence-electron chi connectivity index (χ4n) is 0.988. The van der Waals surface area contributed by atoms with Gasteiger partial charge in [0, 0.05) is 6.07 Å². The summed E-state index contributed by atoms with van der Waals surface area (Å²) in [5.74, 6) is -1.36. The molecule has 0 spiro atoms. The van der Waals surface area contributed by atoms with Crippen LogP contribution in [0.4, 0.5) is 11.4 Å². The van der Waals surface area contributed by atoms with E-state index < -0.39 is 22.3 Å². The number of rotatable bonds is 3. The second-order valence-corrected chi connectivity index (χ2v) is 2.37. The van der Waals surface area contributed by atoms with Gasteiger partial charge in [-0.3, -0.25) is 20.8 Å². The van der Waals surface area contributed by atoms with Gasteiger partial charge in [0.2, 0.25) is 0 Å². The van der Waals surface area contributed by atoms with E-state index in [0.29, 0.717) is 0 Å². The number of carboxylic acids is 1. The van der Waals surface area contributed by atoms with Crippen molar-refractivity contribution in [3.8, 4) is 0 Å². The van der Waals surface area contributed by atoms with Gasteiger partial charge in [0.25, 0.3) is 5.69 Å². The Morgan fingerprint density at radius 3 is 2.57 bits per heavy atom. The predicted molar refractivity (Wildman–Crippen MR) is 45.5 cm³/mol. The summed E-state index contributed by atoms with van der Waals surface area (Å²) in [5, 5.41) is 27.6. The lowest BCUT2D eigenvalue weighted by Crippen LogP contribution is -2.05. The van der Waals surface area contributed by atoms with Crippen molar-refractivity contribution in [2.45, 2.75) is 0 Å². The molecule has 3 N–H and O–H groups in total. The number of para-hydroxylation sites is 1. The monoisotopic (exact) mass is 198 g/mol. The maximum atomic E-state index is 10.6. The Morgan fingerprint density at radius 2 is 2.14 bits per heavy atom. The Kier molecular flexibility index (Phi) is 2.63. The molecule has 0 amide bonds. The van der Waals surface area contributed by atoms with Crippen molar-refractivity contribution in [3.63, 3.8) is 0 Å². The number of anilines is 1. The predicted octanol–water partition coefficient (Wildman–Crippen LogP) is 1.09. The van der Waals surface area contributed by atoms with Crippen molar-refractivity contribution in [1.82, 2.24) is 0 Å². The van der Waals surface area contributed by atoms with Gasteiger partial charge < -0.3 is 5.11 Å². The van der Waals surface area contributed by atoms with Crippen molar-refractivity contribution >= 4 is 17.3 Å². The van der Waals surface area contributed by atoms with Crippen LogP contribution in [-0.4, -0.2) is 21.2 Å². The summed E-state index contributed by atoms with van der Waals surface area (Å²) in [4.78, 5) is 20.2. The Labute approximate surface area is 77.7 Å². The summed E-state index contributed by atoms with van der Waals surface area (Å²) >= 11 is 0. The van der Waals surface area contributed by atoms with Gasteiger partial charge in [-0.05, 0) is 6.07 Å². The van der Waals surface area contributed by atoms with E-state index in [-0.39, 0.29) is 5.56 Å². The van der Waals surface area contributed by atoms with Crippen LogP contribution in [0, 0.1) is 10.1 Å². The maximum Gasteiger partial charge on any atom is 0.338 e. The molecule has 74 valence electrons. The minimum atomic E-state index is -1.36. The first kappa shape index (κ1) is 9.93. The Hall–Kier alpha value is -2.15. The molecule has 0 heterocycles. The number of hydrogen-bond donors (Lipinski definition) is 3. The van der Waals surface area contributed by atoms with E-state index in [4.69, 9.17) is 10.3 Å². The zero-order valence-electron chi connectivity index (χ0n) is 6.80. The summed E-state index contributed by atoms with van der Waals surface area (Å²) in [6.45, 7) is 0. The van der Waals surface area contributed by atoms with E-state index in [1.54, 1.807) is 0 Å². The van der Waals surface area contributed by atoms with E-state index in [1.807, 2.05) is 0 Å². The van der Waals surface area contributed by atoms with Crippen LogP contribution in [0.3, 0.4) is 0 Å². The molecule has 0 fully saturated rings. The highest BCUT2D eigenvalue weighted by Gasteiger charge is 2.20. The highest BCUT2D eigenvalue weighted by molar-refractivity contribution is 5.96. The van der Waals surface area contributed by atoms with Crippen LogP contribution in [0.1, 0.15) is 10.4 Å². The molecule has 0 radical (unpaired) electrons. The Balaban J connectivity index is 3.39. The van der Waals surface area contributed by atoms with E-state index >= 15 is 0 Å². The van der Waals surface area contributed by atoms with Gasteiger partial charge in [0.15, 0.2) is 5.69 Å². The standard InChI is InChI=1S/C7H6N2O5/c10-7(11)4-2-1-3-5(9(13)14)6(4)8-12/h1-3,8,12H,(H,10,11). The number of carbonyl (C=O) groups is 1. The average molecular weight is 198 g/mol. The molecule has 7 nitrogen and oxygen atoms in total. The van der Waals surface area contributed by atoms with Gasteiger partial charge in [0.1, 0.15) is 0 Å². The Bertz CT molecular complexity index is 357. The second-order valence-electron chi connectivity index (χ2n) is 2.37. The fourth-order valence-corrected chi connectivity index (χ4v) is 0.988. The zero-order valence-corrected chi connectivity index (χ0v) is 6.80. The summed E-state index contributed by atoms with van der Waals surface area (Å²) in [6.07, 6.45) is 0. The Morgan fingerprint density at radius 1 is 1.50 bits per heavy atom. The molecule has 0 aromatic heterocycles. The van der Waals surface area contributed by atoms with Crippen LogP contribution in [0.2, 0.25) is 0 Å². The molecule has 1 rings (SSSR count). The molecular weight excluding hydrogens is 192 g/mol. The van der Waals surface area contributed by atoms with Crippen LogP contribution < -0.4 is 5.48 Å². The van der Waals surface area contributed by atoms with Crippen molar-refractivity contribution in [1.29, 1.82) is 0 Å². The third-order valence-electron chi connectivity index (χ3n) is 1.58. The van der Waals surface area contributed by atoms with E-state index in [9.17, 15) is 14.9 Å². The third kappa shape index (κ3) is 1.62. The van der Waals surface area contributed by atoms with Gasteiger partial charge in [-0.2, -0.15) is 0 Å². The molecule has 0 aliphatic heterocycles. The first-order valence-electron chi connectivity index (χ1n) is 3.48. The number of nitrogens with zero attached hydrogens (tertiary/aromatic N) is 1. The lowest BCUT2D eigenvalue weighted by molar-refractivity contribution is -0.384. The fraction of sp³-hybridized carbons (Fsp3) is 0. The molecule has 7 heteroatoms. The topological polar surface area (TPSA) is 113 Å². The summed E-state index contributed by atoms with van der Waals surface area (Å²) in [6, 6.07) is 3.46. The number of hydrogen-bond acceptors (Lipinski definition) is 5. The highest BCUT2D eigenvalue weighted by atomic mass is 16.6. The largest absolute Gasteiger partial charge is 0.478 e. The lowest BCUT2D eigenvalue weighted by Gasteiger charge is -2.03. The van der Waals surface area contributed by atoms with Crippen LogP contribution in [-0.2, 0) is 0 Å². The number of nitrogens with one attached hydrogen (secondary N) is 1. The molecule has 0 saturated carbocycles. The smallest absolute Gasteiger partial charge is 0.338 e. The maximum absolute atomic E-state index is 10.6. The van der Waals surface area contributed by atoms with Gasteiger partial charge in [-0.25, -0.2) is 4.79 Å². The summed E-state index contributed by atoms with van der Waals surface area (Å²) in [7, 11) is 0. The number of nitro benzene ring substituents is 1. The van der Waals surface area contributed by atoms with Crippen molar-refractivity contribution in [2.75, 3.05) is 5.48 Å². The zero-order chi connectivity index (χ0) is 10.7. The van der Waals surface area contributed by atoms with Gasteiger partial charge >= 0.3 is 5.97 Å². The normalized spacial score (nSPS) is 9.50. The van der Waals surface area contributed by atoms with Crippen LogP contribution in [0.5, 0.6) is 0 Å². The molecule has 0 atom stereocenters. The van der Waals surface area contributed by atoms with Gasteiger partial charge in [-0.1, -0.05) is 6.07 Å². The highest BCUT2D eigenvalue weighted by Crippen LogP contribution is 2.27.